The van der Waals surface area contributed by atoms with E-state index in [4.69, 9.17) is 4.99 Å². The Bertz CT molecular complexity index is 1640. The van der Waals surface area contributed by atoms with E-state index < -0.39 is 0 Å². The highest BCUT2D eigenvalue weighted by molar-refractivity contribution is 6.29. The second kappa shape index (κ2) is 9.31. The summed E-state index contributed by atoms with van der Waals surface area (Å²) in [5.41, 5.74) is 8.56. The van der Waals surface area contributed by atoms with E-state index in [0.29, 0.717) is 7.69 Å². The normalized spacial score (nSPS) is 14.2. The Kier molecular flexibility index (Phi) is 5.70. The minimum absolute atomic E-state index is 0.657. The number of fused-ring (bicyclic) bond motifs is 1. The molecule has 0 N–H and O–H groups in total. The second-order valence-corrected chi connectivity index (χ2v) is 8.93. The van der Waals surface area contributed by atoms with Crippen molar-refractivity contribution in [2.24, 2.45) is 4.99 Å². The first kappa shape index (κ1) is 22.1. The van der Waals surface area contributed by atoms with Crippen LogP contribution in [0.5, 0.6) is 0 Å². The largest absolute Gasteiger partial charge is 0.495 e. The van der Waals surface area contributed by atoms with Crippen LogP contribution >= 0.6 is 0 Å². The van der Waals surface area contributed by atoms with E-state index in [1.807, 2.05) is 78.9 Å². The van der Waals surface area contributed by atoms with Crippen molar-refractivity contribution in [1.29, 1.82) is 0 Å². The Morgan fingerprint density at radius 1 is 0.694 bits per heavy atom. The highest BCUT2D eigenvalue weighted by Gasteiger charge is 2.22. The van der Waals surface area contributed by atoms with Crippen LogP contribution < -0.4 is 0 Å². The average Bonchev–Trinajstić information content (AvgIpc) is 3.50. The van der Waals surface area contributed by atoms with Gasteiger partial charge < -0.3 is 8.79 Å². The average molecular weight is 465 g/mol. The molecule has 0 unspecified atom stereocenters. The van der Waals surface area contributed by atoms with Crippen LogP contribution in [0.3, 0.4) is 0 Å². The Morgan fingerprint density at radius 3 is 1.97 bits per heavy atom. The van der Waals surface area contributed by atoms with Crippen LogP contribution in [0.15, 0.2) is 126 Å². The number of hydrogen-bond acceptors (Lipinski definition) is 1. The van der Waals surface area contributed by atoms with Crippen molar-refractivity contribution in [3.05, 3.63) is 143 Å². The molecular formula is C32H23BFN2. The lowest BCUT2D eigenvalue weighted by Crippen LogP contribution is -2.05. The number of hydrogen-bond donors (Lipinski definition) is 0. The molecule has 0 saturated heterocycles. The molecule has 0 aliphatic carbocycles. The third-order valence-corrected chi connectivity index (χ3v) is 6.61. The van der Waals surface area contributed by atoms with E-state index in [1.165, 1.54) is 5.56 Å². The van der Waals surface area contributed by atoms with E-state index in [1.54, 1.807) is 4.48 Å². The third-order valence-electron chi connectivity index (χ3n) is 6.61. The van der Waals surface area contributed by atoms with Gasteiger partial charge in [-0.2, -0.15) is 0 Å². The lowest BCUT2D eigenvalue weighted by Gasteiger charge is -2.09. The summed E-state index contributed by atoms with van der Waals surface area (Å²) in [6.07, 6.45) is 4.12. The molecule has 1 aromatic heterocycles. The fourth-order valence-corrected chi connectivity index (χ4v) is 4.83. The number of allylic oxidation sites excluding steroid dienone is 2. The highest BCUT2D eigenvalue weighted by Crippen LogP contribution is 2.38. The topological polar surface area (TPSA) is 17.3 Å². The summed E-state index contributed by atoms with van der Waals surface area (Å²) in [5, 5.41) is 1.97. The minimum Gasteiger partial charge on any atom is -0.357 e. The molecule has 0 spiro atoms. The van der Waals surface area contributed by atoms with E-state index in [9.17, 15) is 4.32 Å². The van der Waals surface area contributed by atoms with Gasteiger partial charge in [-0.1, -0.05) is 115 Å². The van der Waals surface area contributed by atoms with Crippen LogP contribution in [0.25, 0.3) is 33.7 Å². The number of rotatable bonds is 5. The third kappa shape index (κ3) is 3.91. The summed E-state index contributed by atoms with van der Waals surface area (Å²) >= 11 is 0. The van der Waals surface area contributed by atoms with Gasteiger partial charge in [0.1, 0.15) is 0 Å². The summed E-state index contributed by atoms with van der Waals surface area (Å²) in [6.45, 7) is 2.05. The van der Waals surface area contributed by atoms with Gasteiger partial charge in [0.15, 0.2) is 0 Å². The molecule has 171 valence electrons. The van der Waals surface area contributed by atoms with Crippen molar-refractivity contribution < 1.29 is 4.32 Å². The van der Waals surface area contributed by atoms with Crippen LogP contribution in [0.4, 0.5) is 4.32 Å². The Balaban J connectivity index is 1.58. The van der Waals surface area contributed by atoms with Crippen LogP contribution in [0.1, 0.15) is 22.4 Å². The first-order chi connectivity index (χ1) is 17.7. The predicted molar refractivity (Wildman–Crippen MR) is 150 cm³/mol. The lowest BCUT2D eigenvalue weighted by molar-refractivity contribution is 0.835. The second-order valence-electron chi connectivity index (χ2n) is 8.93. The molecule has 0 fully saturated rings. The smallest absolute Gasteiger partial charge is 0.357 e. The SMILES string of the molecule is Cc1ccc(-c2c3ccccc3c(/C=C3\N=C(c4ccccc4)C=C3c3ccccc3)n2[B]F)cc1. The van der Waals surface area contributed by atoms with E-state index in [0.717, 1.165) is 55.8 Å². The molecule has 2 nitrogen and oxygen atoms in total. The summed E-state index contributed by atoms with van der Waals surface area (Å²) < 4.78 is 16.3. The Hall–Kier alpha value is -4.44. The maximum Gasteiger partial charge on any atom is 0.495 e. The molecule has 36 heavy (non-hydrogen) atoms. The quantitative estimate of drug-likeness (QED) is 0.235. The molecule has 1 aliphatic heterocycles. The van der Waals surface area contributed by atoms with Gasteiger partial charge in [-0.25, -0.2) is 4.99 Å². The van der Waals surface area contributed by atoms with Gasteiger partial charge in [0, 0.05) is 33.3 Å². The molecule has 0 bridgehead atoms. The van der Waals surface area contributed by atoms with Gasteiger partial charge in [-0.15, -0.1) is 0 Å². The fraction of sp³-hybridized carbons (Fsp3) is 0.0312. The Morgan fingerprint density at radius 2 is 1.31 bits per heavy atom. The fourth-order valence-electron chi connectivity index (χ4n) is 4.83. The summed E-state index contributed by atoms with van der Waals surface area (Å²) in [7, 11) is 0.657. The molecular weight excluding hydrogens is 442 g/mol. The maximum atomic E-state index is 14.6. The summed E-state index contributed by atoms with van der Waals surface area (Å²) in [6, 6.07) is 36.7. The molecule has 0 atom stereocenters. The molecule has 2 heterocycles. The van der Waals surface area contributed by atoms with Gasteiger partial charge in [-0.3, -0.25) is 0 Å². The standard InChI is InChI=1S/C32H23BFN2/c1-22-16-18-25(19-17-22)32-27-15-9-8-14-26(27)31(36(32)33-34)21-30-28(23-10-4-2-5-11-23)20-29(35-30)24-12-6-3-7-13-24/h2-21H,1H3/b30-21-. The number of nitrogens with zero attached hydrogens (tertiary/aromatic N) is 2. The number of benzene rings is 4. The number of aliphatic imine (C=N–C) groups is 1. The molecule has 4 aromatic carbocycles. The maximum absolute atomic E-state index is 14.6. The highest BCUT2D eigenvalue weighted by atomic mass is 19.1. The molecule has 4 heteroatoms. The predicted octanol–water partition coefficient (Wildman–Crippen LogP) is 7.90. The van der Waals surface area contributed by atoms with Crippen molar-refractivity contribution in [2.45, 2.75) is 6.92 Å². The van der Waals surface area contributed by atoms with Gasteiger partial charge >= 0.3 is 7.69 Å². The number of aromatic nitrogens is 1. The minimum atomic E-state index is 0.657. The Labute approximate surface area is 211 Å². The zero-order chi connectivity index (χ0) is 24.5. The lowest BCUT2D eigenvalue weighted by atomic mass is 10.0. The van der Waals surface area contributed by atoms with Crippen molar-refractivity contribution in [3.63, 3.8) is 0 Å². The van der Waals surface area contributed by atoms with Crippen LogP contribution in [-0.2, 0) is 0 Å². The van der Waals surface area contributed by atoms with Crippen molar-refractivity contribution in [1.82, 2.24) is 4.48 Å². The molecule has 5 aromatic rings. The van der Waals surface area contributed by atoms with Gasteiger partial charge in [0.2, 0.25) is 0 Å². The number of halogens is 1. The van der Waals surface area contributed by atoms with Crippen LogP contribution in [-0.4, -0.2) is 17.9 Å². The number of aryl methyl sites for hydroxylation is 1. The van der Waals surface area contributed by atoms with Gasteiger partial charge in [0.25, 0.3) is 0 Å². The van der Waals surface area contributed by atoms with Crippen LogP contribution in [0.2, 0.25) is 0 Å². The van der Waals surface area contributed by atoms with Crippen molar-refractivity contribution in [2.75, 3.05) is 0 Å². The van der Waals surface area contributed by atoms with E-state index in [-0.39, 0.29) is 0 Å². The molecule has 0 saturated carbocycles. The van der Waals surface area contributed by atoms with E-state index >= 15 is 0 Å². The molecule has 1 radical (unpaired) electrons. The van der Waals surface area contributed by atoms with Gasteiger partial charge in [0.05, 0.1) is 11.4 Å². The summed E-state index contributed by atoms with van der Waals surface area (Å²) in [4.78, 5) is 5.02. The first-order valence-electron chi connectivity index (χ1n) is 12.0. The van der Waals surface area contributed by atoms with Crippen LogP contribution in [0, 0.1) is 6.92 Å². The van der Waals surface area contributed by atoms with E-state index in [2.05, 4.69) is 49.4 Å². The molecule has 6 rings (SSSR count). The monoisotopic (exact) mass is 465 g/mol. The van der Waals surface area contributed by atoms with Gasteiger partial charge in [-0.05, 0) is 30.2 Å². The first-order valence-corrected chi connectivity index (χ1v) is 12.0. The molecule has 1 aliphatic rings. The van der Waals surface area contributed by atoms with Crippen molar-refractivity contribution in [3.8, 4) is 11.3 Å². The van der Waals surface area contributed by atoms with Crippen molar-refractivity contribution >= 4 is 35.8 Å². The molecule has 0 amide bonds. The zero-order valence-corrected chi connectivity index (χ0v) is 19.9. The summed E-state index contributed by atoms with van der Waals surface area (Å²) in [5.74, 6) is 0. The zero-order valence-electron chi connectivity index (χ0n) is 19.9.